The van der Waals surface area contributed by atoms with Gasteiger partial charge in [0, 0.05) is 16.9 Å². The van der Waals surface area contributed by atoms with Crippen LogP contribution in [0, 0.1) is 0 Å². The summed E-state index contributed by atoms with van der Waals surface area (Å²) in [4.78, 5) is 26.9. The Hall–Kier alpha value is -2.14. The van der Waals surface area contributed by atoms with Crippen molar-refractivity contribution in [2.24, 2.45) is 0 Å². The van der Waals surface area contributed by atoms with Gasteiger partial charge in [-0.25, -0.2) is 4.79 Å². The first-order valence-electron chi connectivity index (χ1n) is 5.91. The van der Waals surface area contributed by atoms with Gasteiger partial charge < -0.3 is 4.42 Å². The molecule has 3 aromatic rings. The summed E-state index contributed by atoms with van der Waals surface area (Å²) in [5, 5.41) is 2.00. The Morgan fingerprint density at radius 1 is 1.32 bits per heavy atom. The zero-order valence-electron chi connectivity index (χ0n) is 10.0. The van der Waals surface area contributed by atoms with Gasteiger partial charge in [-0.05, 0) is 36.1 Å². The molecule has 0 unspecified atom stereocenters. The molecule has 5 heteroatoms. The first-order valence-corrected chi connectivity index (χ1v) is 6.79. The van der Waals surface area contributed by atoms with Crippen LogP contribution in [0.4, 0.5) is 0 Å². The number of aryl methyl sites for hydroxylation is 1. The quantitative estimate of drug-likeness (QED) is 0.743. The molecule has 96 valence electrons. The molecule has 0 aliphatic carbocycles. The van der Waals surface area contributed by atoms with E-state index in [1.54, 1.807) is 29.5 Å². The third-order valence-electron chi connectivity index (χ3n) is 2.92. The molecule has 1 aromatic carbocycles. The van der Waals surface area contributed by atoms with E-state index in [4.69, 9.17) is 4.42 Å². The van der Waals surface area contributed by atoms with Gasteiger partial charge >= 0.3 is 5.76 Å². The predicted molar refractivity (Wildman–Crippen MR) is 73.8 cm³/mol. The highest BCUT2D eigenvalue weighted by molar-refractivity contribution is 7.09. The molecule has 1 N–H and O–H groups in total. The van der Waals surface area contributed by atoms with E-state index >= 15 is 0 Å². The van der Waals surface area contributed by atoms with Crippen LogP contribution in [-0.2, 0) is 6.42 Å². The summed E-state index contributed by atoms with van der Waals surface area (Å²) in [6.07, 6.45) is 1.20. The monoisotopic (exact) mass is 273 g/mol. The van der Waals surface area contributed by atoms with Crippen molar-refractivity contribution in [1.82, 2.24) is 4.98 Å². The lowest BCUT2D eigenvalue weighted by Crippen LogP contribution is -2.00. The number of oxazole rings is 1. The van der Waals surface area contributed by atoms with Gasteiger partial charge in [-0.2, -0.15) is 0 Å². The van der Waals surface area contributed by atoms with Crippen molar-refractivity contribution in [2.45, 2.75) is 12.8 Å². The number of aromatic amines is 1. The number of aromatic nitrogens is 1. The Bertz CT molecular complexity index is 767. The molecule has 0 bridgehead atoms. The molecule has 2 heterocycles. The number of thiophene rings is 1. The van der Waals surface area contributed by atoms with Crippen molar-refractivity contribution >= 4 is 28.2 Å². The van der Waals surface area contributed by atoms with E-state index in [1.807, 2.05) is 17.5 Å². The number of benzene rings is 1. The van der Waals surface area contributed by atoms with Gasteiger partial charge in [0.1, 0.15) is 0 Å². The number of carbonyl (C=O) groups is 1. The summed E-state index contributed by atoms with van der Waals surface area (Å²) >= 11 is 1.65. The molecule has 2 aromatic heterocycles. The average molecular weight is 273 g/mol. The highest BCUT2D eigenvalue weighted by Crippen LogP contribution is 2.16. The topological polar surface area (TPSA) is 63.1 Å². The molecule has 19 heavy (non-hydrogen) atoms. The largest absolute Gasteiger partial charge is 0.417 e. The Morgan fingerprint density at radius 2 is 2.21 bits per heavy atom. The maximum absolute atomic E-state index is 12.1. The summed E-state index contributed by atoms with van der Waals surface area (Å²) in [6.45, 7) is 0. The van der Waals surface area contributed by atoms with E-state index in [9.17, 15) is 9.59 Å². The Balaban J connectivity index is 1.79. The number of H-pyrrole nitrogens is 1. The van der Waals surface area contributed by atoms with Crippen molar-refractivity contribution in [3.8, 4) is 0 Å². The Labute approximate surface area is 112 Å². The predicted octanol–water partition coefficient (Wildman–Crippen LogP) is 3.00. The number of Topliss-reactive ketones (excluding diaryl/α,β-unsaturated/α-hetero) is 1. The SMILES string of the molecule is O=C(CCc1cccs1)c1ccc2[nH]c(=O)oc2c1. The van der Waals surface area contributed by atoms with Crippen LogP contribution in [0.25, 0.3) is 11.1 Å². The first kappa shape index (κ1) is 11.9. The minimum Gasteiger partial charge on any atom is -0.408 e. The fourth-order valence-electron chi connectivity index (χ4n) is 1.95. The number of nitrogens with one attached hydrogen (secondary N) is 1. The van der Waals surface area contributed by atoms with Crippen molar-refractivity contribution in [1.29, 1.82) is 0 Å². The highest BCUT2D eigenvalue weighted by atomic mass is 32.1. The van der Waals surface area contributed by atoms with Gasteiger partial charge in [0.25, 0.3) is 0 Å². The maximum Gasteiger partial charge on any atom is 0.417 e. The second-order valence-corrected chi connectivity index (χ2v) is 5.26. The fourth-order valence-corrected chi connectivity index (χ4v) is 2.66. The molecule has 0 saturated carbocycles. The van der Waals surface area contributed by atoms with E-state index in [2.05, 4.69) is 4.98 Å². The molecule has 0 spiro atoms. The fraction of sp³-hybridized carbons (Fsp3) is 0.143. The second kappa shape index (κ2) is 4.85. The zero-order valence-corrected chi connectivity index (χ0v) is 10.8. The minimum absolute atomic E-state index is 0.0548. The molecule has 0 atom stereocenters. The van der Waals surface area contributed by atoms with Gasteiger partial charge in [0.15, 0.2) is 11.4 Å². The van der Waals surface area contributed by atoms with Crippen molar-refractivity contribution in [3.63, 3.8) is 0 Å². The van der Waals surface area contributed by atoms with Crippen LogP contribution < -0.4 is 5.76 Å². The van der Waals surface area contributed by atoms with Gasteiger partial charge in [0.05, 0.1) is 5.52 Å². The molecule has 0 radical (unpaired) electrons. The molecule has 0 saturated heterocycles. The van der Waals surface area contributed by atoms with Gasteiger partial charge in [-0.1, -0.05) is 6.07 Å². The third-order valence-corrected chi connectivity index (χ3v) is 3.86. The third kappa shape index (κ3) is 2.51. The standard InChI is InChI=1S/C14H11NO3S/c16-12(6-4-10-2-1-7-19-10)9-3-5-11-13(8-9)18-14(17)15-11/h1-3,5,7-8H,4,6H2,(H,15,17). The van der Waals surface area contributed by atoms with Crippen molar-refractivity contribution in [3.05, 3.63) is 56.7 Å². The van der Waals surface area contributed by atoms with Crippen LogP contribution in [0.2, 0.25) is 0 Å². The normalized spacial score (nSPS) is 10.9. The first-order chi connectivity index (χ1) is 9.22. The van der Waals surface area contributed by atoms with E-state index in [0.29, 0.717) is 23.1 Å². The van der Waals surface area contributed by atoms with Gasteiger partial charge in [-0.15, -0.1) is 11.3 Å². The lowest BCUT2D eigenvalue weighted by Gasteiger charge is -1.99. The van der Waals surface area contributed by atoms with E-state index in [-0.39, 0.29) is 5.78 Å². The second-order valence-electron chi connectivity index (χ2n) is 4.23. The van der Waals surface area contributed by atoms with Crippen molar-refractivity contribution < 1.29 is 9.21 Å². The summed E-state index contributed by atoms with van der Waals surface area (Å²) < 4.78 is 4.95. The number of ketones is 1. The molecular formula is C14H11NO3S. The van der Waals surface area contributed by atoms with Crippen molar-refractivity contribution in [2.75, 3.05) is 0 Å². The summed E-state index contributed by atoms with van der Waals surface area (Å²) in [7, 11) is 0. The average Bonchev–Trinajstić information content (AvgIpc) is 3.02. The van der Waals surface area contributed by atoms with Crippen LogP contribution in [0.1, 0.15) is 21.7 Å². The maximum atomic E-state index is 12.1. The molecule has 4 nitrogen and oxygen atoms in total. The smallest absolute Gasteiger partial charge is 0.408 e. The lowest BCUT2D eigenvalue weighted by molar-refractivity contribution is 0.0983. The van der Waals surface area contributed by atoms with E-state index in [1.165, 1.54) is 4.88 Å². The van der Waals surface area contributed by atoms with E-state index < -0.39 is 5.76 Å². The summed E-state index contributed by atoms with van der Waals surface area (Å²) in [5.41, 5.74) is 1.61. The number of fused-ring (bicyclic) bond motifs is 1. The highest BCUT2D eigenvalue weighted by Gasteiger charge is 2.09. The van der Waals surface area contributed by atoms with E-state index in [0.717, 1.165) is 6.42 Å². The number of hydrogen-bond donors (Lipinski definition) is 1. The number of rotatable bonds is 4. The summed E-state index contributed by atoms with van der Waals surface area (Å²) in [6, 6.07) is 9.02. The minimum atomic E-state index is -0.502. The molecule has 0 amide bonds. The Kier molecular flexibility index (Phi) is 3.05. The van der Waals surface area contributed by atoms with Crippen LogP contribution in [0.3, 0.4) is 0 Å². The molecule has 0 fully saturated rings. The molecule has 0 aliphatic heterocycles. The molecule has 3 rings (SSSR count). The molecular weight excluding hydrogens is 262 g/mol. The van der Waals surface area contributed by atoms with Gasteiger partial charge in [0.2, 0.25) is 0 Å². The summed E-state index contributed by atoms with van der Waals surface area (Å²) in [5.74, 6) is -0.447. The van der Waals surface area contributed by atoms with Crippen LogP contribution in [-0.4, -0.2) is 10.8 Å². The molecule has 0 aliphatic rings. The van der Waals surface area contributed by atoms with Gasteiger partial charge in [-0.3, -0.25) is 9.78 Å². The van der Waals surface area contributed by atoms with Crippen LogP contribution in [0.15, 0.2) is 44.9 Å². The zero-order chi connectivity index (χ0) is 13.2. The Morgan fingerprint density at radius 3 is 3.00 bits per heavy atom. The number of carbonyl (C=O) groups excluding carboxylic acids is 1. The van der Waals surface area contributed by atoms with Crippen LogP contribution in [0.5, 0.6) is 0 Å². The lowest BCUT2D eigenvalue weighted by atomic mass is 10.1. The number of hydrogen-bond acceptors (Lipinski definition) is 4. The van der Waals surface area contributed by atoms with Crippen LogP contribution >= 0.6 is 11.3 Å².